The SMILES string of the molecule is CC(C)(C)c1ccc2[cH-]c3ccc(C(C)(C)C)cc3c2c1.CC1=[C-]C(C)C=C1C(C)C.Clc1ccc([CH]=[Zr]=[CH]c2ccc(Cl)cc2)cc1.[Cl-].[Cl-]. The fourth-order valence-electron chi connectivity index (χ4n) is 5.77. The summed E-state index contributed by atoms with van der Waals surface area (Å²) in [5.41, 5.74) is 8.54. The van der Waals surface area contributed by atoms with Crippen LogP contribution >= 0.6 is 23.2 Å². The molecule has 0 nitrogen and oxygen atoms in total. The molecule has 0 fully saturated rings. The van der Waals surface area contributed by atoms with Crippen LogP contribution in [0.15, 0.2) is 108 Å². The molecule has 266 valence electrons. The molecule has 1 unspecified atom stereocenters. The summed E-state index contributed by atoms with van der Waals surface area (Å²) < 4.78 is 4.66. The normalized spacial score (nSPS) is 13.8. The molecule has 0 bridgehead atoms. The minimum Gasteiger partial charge on any atom is -1.00 e. The van der Waals surface area contributed by atoms with Gasteiger partial charge in [-0.05, 0) is 10.8 Å². The molecular weight excluding hydrogens is 774 g/mol. The molecule has 5 aromatic rings. The van der Waals surface area contributed by atoms with Crippen LogP contribution in [0.5, 0.6) is 0 Å². The van der Waals surface area contributed by atoms with Gasteiger partial charge in [0.15, 0.2) is 0 Å². The summed E-state index contributed by atoms with van der Waals surface area (Å²) in [5, 5.41) is 7.06. The van der Waals surface area contributed by atoms with E-state index in [9.17, 15) is 0 Å². The van der Waals surface area contributed by atoms with Gasteiger partial charge >= 0.3 is 123 Å². The molecule has 5 aromatic carbocycles. The van der Waals surface area contributed by atoms with Crippen LogP contribution in [0.2, 0.25) is 10.0 Å². The molecule has 0 aliphatic heterocycles. The zero-order chi connectivity index (χ0) is 35.2. The van der Waals surface area contributed by atoms with Crippen LogP contribution in [-0.2, 0) is 33.1 Å². The minimum atomic E-state index is -0.623. The van der Waals surface area contributed by atoms with Gasteiger partial charge in [0.2, 0.25) is 0 Å². The van der Waals surface area contributed by atoms with Crippen LogP contribution < -0.4 is 24.8 Å². The zero-order valence-corrected chi connectivity index (χ0v) is 36.5. The molecule has 50 heavy (non-hydrogen) atoms. The van der Waals surface area contributed by atoms with Gasteiger partial charge < -0.3 is 24.8 Å². The third-order valence-electron chi connectivity index (χ3n) is 8.61. The average Bonchev–Trinajstić information content (AvgIpc) is 3.56. The quantitative estimate of drug-likeness (QED) is 0.167. The van der Waals surface area contributed by atoms with Gasteiger partial charge in [-0.15, -0.1) is 39.7 Å². The van der Waals surface area contributed by atoms with Gasteiger partial charge in [-0.3, -0.25) is 6.08 Å². The molecule has 0 radical (unpaired) electrons. The summed E-state index contributed by atoms with van der Waals surface area (Å²) in [6.45, 7) is 22.5. The molecule has 1 atom stereocenters. The number of hydrogen-bond donors (Lipinski definition) is 0. The third kappa shape index (κ3) is 12.6. The van der Waals surface area contributed by atoms with Gasteiger partial charge in [-0.25, -0.2) is 5.57 Å². The summed E-state index contributed by atoms with van der Waals surface area (Å²) >= 11 is 11.0. The number of allylic oxidation sites excluding steroid dienone is 4. The van der Waals surface area contributed by atoms with Crippen LogP contribution in [0.1, 0.15) is 91.5 Å². The molecule has 0 N–H and O–H groups in total. The topological polar surface area (TPSA) is 0 Å². The number of halogens is 4. The van der Waals surface area contributed by atoms with E-state index in [1.165, 1.54) is 54.9 Å². The summed E-state index contributed by atoms with van der Waals surface area (Å²) in [5.74, 6) is 1.20. The van der Waals surface area contributed by atoms with Crippen molar-refractivity contribution in [1.29, 1.82) is 0 Å². The Morgan fingerprint density at radius 3 is 1.38 bits per heavy atom. The summed E-state index contributed by atoms with van der Waals surface area (Å²) in [7, 11) is 0. The Hall–Kier alpha value is -1.99. The second-order valence-corrected chi connectivity index (χ2v) is 18.3. The predicted molar refractivity (Wildman–Crippen MR) is 212 cm³/mol. The molecule has 0 aromatic heterocycles. The van der Waals surface area contributed by atoms with Crippen LogP contribution in [-0.4, -0.2) is 7.42 Å². The van der Waals surface area contributed by atoms with E-state index in [-0.39, 0.29) is 35.6 Å². The Morgan fingerprint density at radius 2 is 1.08 bits per heavy atom. The van der Waals surface area contributed by atoms with Crippen LogP contribution in [0.25, 0.3) is 21.5 Å². The van der Waals surface area contributed by atoms with Gasteiger partial charge in [0.05, 0.1) is 0 Å². The zero-order valence-electron chi connectivity index (χ0n) is 31.1. The maximum Gasteiger partial charge on any atom is -1.00 e. The van der Waals surface area contributed by atoms with E-state index in [4.69, 9.17) is 23.2 Å². The van der Waals surface area contributed by atoms with Crippen molar-refractivity contribution < 1.29 is 47.1 Å². The van der Waals surface area contributed by atoms with Crippen molar-refractivity contribution in [3.63, 3.8) is 0 Å². The van der Waals surface area contributed by atoms with Crippen molar-refractivity contribution in [2.24, 2.45) is 11.8 Å². The molecule has 5 heteroatoms. The van der Waals surface area contributed by atoms with Crippen molar-refractivity contribution >= 4 is 52.2 Å². The van der Waals surface area contributed by atoms with Gasteiger partial charge in [-0.1, -0.05) is 116 Å². The number of benzene rings is 4. The Balaban J connectivity index is 0.000000270. The monoisotopic (exact) mass is 820 g/mol. The first-order valence-corrected chi connectivity index (χ1v) is 20.5. The van der Waals surface area contributed by atoms with Crippen LogP contribution in [0.3, 0.4) is 0 Å². The molecule has 0 amide bonds. The van der Waals surface area contributed by atoms with Crippen molar-refractivity contribution in [1.82, 2.24) is 0 Å². The Kier molecular flexibility index (Phi) is 17.0. The van der Waals surface area contributed by atoms with E-state index in [2.05, 4.69) is 156 Å². The Labute approximate surface area is 335 Å². The van der Waals surface area contributed by atoms with Crippen LogP contribution in [0.4, 0.5) is 0 Å². The third-order valence-corrected chi connectivity index (χ3v) is 11.6. The second-order valence-electron chi connectivity index (χ2n) is 15.1. The van der Waals surface area contributed by atoms with E-state index in [0.717, 1.165) is 10.0 Å². The van der Waals surface area contributed by atoms with E-state index < -0.39 is 22.3 Å². The van der Waals surface area contributed by atoms with E-state index in [0.29, 0.717) is 11.8 Å². The first kappa shape index (κ1) is 44.2. The molecule has 1 aliphatic carbocycles. The average molecular weight is 824 g/mol. The maximum absolute atomic E-state index is 5.84. The van der Waals surface area contributed by atoms with E-state index >= 15 is 0 Å². The van der Waals surface area contributed by atoms with Crippen molar-refractivity contribution in [2.75, 3.05) is 0 Å². The molecule has 6 rings (SSSR count). The first-order chi connectivity index (χ1) is 22.5. The Morgan fingerprint density at radius 1 is 0.680 bits per heavy atom. The summed E-state index contributed by atoms with van der Waals surface area (Å²) in [6.07, 6.45) is 5.68. The van der Waals surface area contributed by atoms with Crippen molar-refractivity contribution in [3.05, 3.63) is 147 Å². The molecule has 0 heterocycles. The molecule has 1 aliphatic rings. The fraction of sp³-hybridized carbons (Fsp3) is 0.311. The summed E-state index contributed by atoms with van der Waals surface area (Å²) in [6, 6.07) is 32.1. The smallest absolute Gasteiger partial charge is 1.00 e. The molecule has 0 saturated heterocycles. The molecule has 0 saturated carbocycles. The standard InChI is InChI=1S/C21H25.C10H15.2C7H5Cl.2ClH.Zr/c1-20(2,3)16-9-7-14-11-15-8-10-17(21(4,5)6)13-19(15)18(14)12-16;1-7(2)10-6-8(3)5-9(10)4;2*1-6-2-4-7(8)5-3-6;;;/h7-13H,1-6H3;6-8H,1-4H3;2*1-5H;2*1H;/q2*-1;;;;;/p-2. The largest absolute Gasteiger partial charge is 1.00 e. The molecule has 0 spiro atoms. The van der Waals surface area contributed by atoms with Gasteiger partial charge in [0.25, 0.3) is 0 Å². The number of rotatable bonds is 3. The van der Waals surface area contributed by atoms with Gasteiger partial charge in [0.1, 0.15) is 0 Å². The number of hydrogen-bond acceptors (Lipinski definition) is 0. The van der Waals surface area contributed by atoms with Crippen molar-refractivity contribution in [2.45, 2.75) is 80.1 Å². The van der Waals surface area contributed by atoms with E-state index in [1.807, 2.05) is 24.3 Å². The second kappa shape index (κ2) is 19.2. The maximum atomic E-state index is 5.84. The van der Waals surface area contributed by atoms with E-state index in [1.54, 1.807) is 0 Å². The van der Waals surface area contributed by atoms with Gasteiger partial charge in [-0.2, -0.15) is 11.6 Å². The van der Waals surface area contributed by atoms with Gasteiger partial charge in [0, 0.05) is 0 Å². The fourth-order valence-corrected chi connectivity index (χ4v) is 8.12. The molecular formula is C45H50Cl4Zr-4. The summed E-state index contributed by atoms with van der Waals surface area (Å²) in [4.78, 5) is 0. The number of fused-ring (bicyclic) bond motifs is 3. The Bertz CT molecular complexity index is 1850. The first-order valence-electron chi connectivity index (χ1n) is 16.9. The van der Waals surface area contributed by atoms with Crippen molar-refractivity contribution in [3.8, 4) is 0 Å². The minimum absolute atomic E-state index is 0. The van der Waals surface area contributed by atoms with Crippen LogP contribution in [0, 0.1) is 17.9 Å². The predicted octanol–water partition coefficient (Wildman–Crippen LogP) is 7.36.